The number of aromatic nitrogens is 3. The number of anilines is 1. The number of hydrogen-bond acceptors (Lipinski definition) is 5. The van der Waals surface area contributed by atoms with E-state index in [0.717, 1.165) is 47.2 Å². The molecule has 1 aliphatic heterocycles. The largest absolute Gasteiger partial charge is 0.454 e. The van der Waals surface area contributed by atoms with Gasteiger partial charge in [-0.1, -0.05) is 6.07 Å². The molecule has 0 saturated carbocycles. The Hall–Kier alpha value is -2.76. The summed E-state index contributed by atoms with van der Waals surface area (Å²) < 4.78 is 12.7. The zero-order valence-corrected chi connectivity index (χ0v) is 13.2. The van der Waals surface area contributed by atoms with Crippen LogP contribution in [0.4, 0.5) is 5.82 Å². The topological polar surface area (TPSA) is 51.9 Å². The van der Waals surface area contributed by atoms with E-state index in [1.165, 1.54) is 0 Å². The summed E-state index contributed by atoms with van der Waals surface area (Å²) >= 11 is 0. The second-order valence-corrected chi connectivity index (χ2v) is 5.57. The van der Waals surface area contributed by atoms with Crippen molar-refractivity contribution in [3.63, 3.8) is 0 Å². The first-order chi connectivity index (χ1) is 11.2. The summed E-state index contributed by atoms with van der Waals surface area (Å²) in [7, 11) is 0. The second kappa shape index (κ2) is 5.46. The minimum Gasteiger partial charge on any atom is -0.454 e. The highest BCUT2D eigenvalue weighted by atomic mass is 16.7. The maximum absolute atomic E-state index is 5.46. The summed E-state index contributed by atoms with van der Waals surface area (Å²) in [5.41, 5.74) is 3.17. The van der Waals surface area contributed by atoms with Crippen LogP contribution in [-0.4, -0.2) is 27.9 Å². The highest BCUT2D eigenvalue weighted by Crippen LogP contribution is 2.33. The predicted octanol–water partition coefficient (Wildman–Crippen LogP) is 2.79. The fourth-order valence-electron chi connectivity index (χ4n) is 2.87. The summed E-state index contributed by atoms with van der Waals surface area (Å²) in [6.07, 6.45) is 3.66. The third-order valence-electron chi connectivity index (χ3n) is 3.98. The van der Waals surface area contributed by atoms with E-state index in [1.54, 1.807) is 6.20 Å². The highest BCUT2D eigenvalue weighted by Gasteiger charge is 2.16. The van der Waals surface area contributed by atoms with E-state index in [9.17, 15) is 0 Å². The van der Waals surface area contributed by atoms with E-state index >= 15 is 0 Å². The predicted molar refractivity (Wildman–Crippen MR) is 87.0 cm³/mol. The molecule has 0 amide bonds. The number of hydrogen-bond donors (Lipinski definition) is 0. The van der Waals surface area contributed by atoms with Crippen molar-refractivity contribution in [3.8, 4) is 11.5 Å². The Morgan fingerprint density at radius 1 is 1.22 bits per heavy atom. The molecule has 0 unspecified atom stereocenters. The normalized spacial score (nSPS) is 12.8. The summed E-state index contributed by atoms with van der Waals surface area (Å²) in [6, 6.07) is 8.12. The summed E-state index contributed by atoms with van der Waals surface area (Å²) in [4.78, 5) is 6.80. The van der Waals surface area contributed by atoms with Gasteiger partial charge in [0.2, 0.25) is 6.79 Å². The Morgan fingerprint density at radius 2 is 2.09 bits per heavy atom. The molecule has 118 valence electrons. The van der Waals surface area contributed by atoms with Crippen LogP contribution in [-0.2, 0) is 6.54 Å². The van der Waals surface area contributed by atoms with Gasteiger partial charge in [-0.05, 0) is 37.6 Å². The van der Waals surface area contributed by atoms with E-state index in [0.29, 0.717) is 6.79 Å². The smallest absolute Gasteiger partial charge is 0.231 e. The minimum absolute atomic E-state index is 0.298. The molecule has 6 nitrogen and oxygen atoms in total. The van der Waals surface area contributed by atoms with Crippen molar-refractivity contribution in [1.29, 1.82) is 0 Å². The van der Waals surface area contributed by atoms with Gasteiger partial charge in [0.15, 0.2) is 17.3 Å². The zero-order chi connectivity index (χ0) is 15.8. The van der Waals surface area contributed by atoms with Gasteiger partial charge >= 0.3 is 0 Å². The first-order valence-corrected chi connectivity index (χ1v) is 7.69. The van der Waals surface area contributed by atoms with Gasteiger partial charge in [0.1, 0.15) is 5.52 Å². The van der Waals surface area contributed by atoms with Crippen LogP contribution in [0.25, 0.3) is 5.52 Å². The molecule has 3 heterocycles. The van der Waals surface area contributed by atoms with Crippen LogP contribution in [0.1, 0.15) is 18.2 Å². The molecule has 0 fully saturated rings. The summed E-state index contributed by atoms with van der Waals surface area (Å²) in [5, 5.41) is 4.46. The third kappa shape index (κ3) is 2.46. The van der Waals surface area contributed by atoms with Crippen LogP contribution >= 0.6 is 0 Å². The van der Waals surface area contributed by atoms with Crippen molar-refractivity contribution in [2.45, 2.75) is 20.4 Å². The highest BCUT2D eigenvalue weighted by molar-refractivity contribution is 5.69. The molecule has 0 bridgehead atoms. The molecule has 3 aromatic rings. The van der Waals surface area contributed by atoms with E-state index in [-0.39, 0.29) is 0 Å². The lowest BCUT2D eigenvalue weighted by Gasteiger charge is -2.22. The number of nitrogens with zero attached hydrogens (tertiary/aromatic N) is 4. The Kier molecular flexibility index (Phi) is 3.29. The van der Waals surface area contributed by atoms with Gasteiger partial charge < -0.3 is 14.4 Å². The van der Waals surface area contributed by atoms with Crippen molar-refractivity contribution < 1.29 is 9.47 Å². The standard InChI is InChI=1S/C17H18N4O2/c1-3-20(10-13-4-5-15-16(9-13)23-11-22-15)17-14-8-12(2)19-21(14)7-6-18-17/h4-9H,3,10-11H2,1-2H3. The minimum atomic E-state index is 0.298. The van der Waals surface area contributed by atoms with E-state index < -0.39 is 0 Å². The number of benzene rings is 1. The molecule has 0 atom stereocenters. The Labute approximate surface area is 134 Å². The van der Waals surface area contributed by atoms with Gasteiger partial charge in [-0.25, -0.2) is 9.50 Å². The fraction of sp³-hybridized carbons (Fsp3) is 0.294. The molecule has 0 aliphatic carbocycles. The van der Waals surface area contributed by atoms with Gasteiger partial charge in [0.25, 0.3) is 0 Å². The molecule has 0 N–H and O–H groups in total. The van der Waals surface area contributed by atoms with Crippen LogP contribution < -0.4 is 14.4 Å². The van der Waals surface area contributed by atoms with Crippen LogP contribution in [0.2, 0.25) is 0 Å². The molecular weight excluding hydrogens is 292 g/mol. The number of rotatable bonds is 4. The Balaban J connectivity index is 1.68. The van der Waals surface area contributed by atoms with Crippen molar-refractivity contribution in [2.75, 3.05) is 18.2 Å². The number of ether oxygens (including phenoxy) is 2. The average Bonchev–Trinajstić information content (AvgIpc) is 3.16. The molecule has 0 spiro atoms. The Bertz CT molecular complexity index is 859. The lowest BCUT2D eigenvalue weighted by Crippen LogP contribution is -2.23. The average molecular weight is 310 g/mol. The molecule has 2 aromatic heterocycles. The lowest BCUT2D eigenvalue weighted by molar-refractivity contribution is 0.174. The van der Waals surface area contributed by atoms with Gasteiger partial charge in [0.05, 0.1) is 5.69 Å². The maximum atomic E-state index is 5.46. The molecular formula is C17H18N4O2. The lowest BCUT2D eigenvalue weighted by atomic mass is 10.2. The zero-order valence-electron chi connectivity index (χ0n) is 13.2. The van der Waals surface area contributed by atoms with Crippen LogP contribution in [0.5, 0.6) is 11.5 Å². The van der Waals surface area contributed by atoms with Crippen molar-refractivity contribution in [2.24, 2.45) is 0 Å². The van der Waals surface area contributed by atoms with Crippen molar-refractivity contribution in [1.82, 2.24) is 14.6 Å². The quantitative estimate of drug-likeness (QED) is 0.741. The molecule has 1 aromatic carbocycles. The molecule has 1 aliphatic rings. The van der Waals surface area contributed by atoms with E-state index in [4.69, 9.17) is 9.47 Å². The van der Waals surface area contributed by atoms with Gasteiger partial charge in [0, 0.05) is 25.5 Å². The first-order valence-electron chi connectivity index (χ1n) is 7.69. The van der Waals surface area contributed by atoms with Crippen molar-refractivity contribution in [3.05, 3.63) is 47.9 Å². The van der Waals surface area contributed by atoms with Gasteiger partial charge in [-0.2, -0.15) is 5.10 Å². The molecule has 0 radical (unpaired) electrons. The number of aryl methyl sites for hydroxylation is 1. The Morgan fingerprint density at radius 3 is 2.96 bits per heavy atom. The van der Waals surface area contributed by atoms with Gasteiger partial charge in [-0.15, -0.1) is 0 Å². The molecule has 0 saturated heterocycles. The monoisotopic (exact) mass is 310 g/mol. The third-order valence-corrected chi connectivity index (χ3v) is 3.98. The maximum Gasteiger partial charge on any atom is 0.231 e. The van der Waals surface area contributed by atoms with Gasteiger partial charge in [-0.3, -0.25) is 0 Å². The summed E-state index contributed by atoms with van der Waals surface area (Å²) in [5.74, 6) is 2.56. The van der Waals surface area contributed by atoms with E-state index in [2.05, 4.69) is 34.0 Å². The number of fused-ring (bicyclic) bond motifs is 2. The van der Waals surface area contributed by atoms with Crippen LogP contribution in [0.15, 0.2) is 36.7 Å². The summed E-state index contributed by atoms with van der Waals surface area (Å²) in [6.45, 7) is 6.02. The van der Waals surface area contributed by atoms with Crippen LogP contribution in [0.3, 0.4) is 0 Å². The molecule has 23 heavy (non-hydrogen) atoms. The first kappa shape index (κ1) is 13.9. The molecule has 6 heteroatoms. The SMILES string of the molecule is CCN(Cc1ccc2c(c1)OCO2)c1nccn2nc(C)cc12. The molecule has 4 rings (SSSR count). The second-order valence-electron chi connectivity index (χ2n) is 5.57. The van der Waals surface area contributed by atoms with Crippen LogP contribution in [0, 0.1) is 6.92 Å². The fourth-order valence-corrected chi connectivity index (χ4v) is 2.87. The van der Waals surface area contributed by atoms with Crippen molar-refractivity contribution >= 4 is 11.3 Å². The van der Waals surface area contributed by atoms with E-state index in [1.807, 2.05) is 29.8 Å².